The summed E-state index contributed by atoms with van der Waals surface area (Å²) >= 11 is 0. The molecule has 2 N–H and O–H groups in total. The van der Waals surface area contributed by atoms with Gasteiger partial charge in [0.05, 0.1) is 26.9 Å². The highest BCUT2D eigenvalue weighted by atomic mass is 16.5. The third kappa shape index (κ3) is 5.16. The van der Waals surface area contributed by atoms with Crippen molar-refractivity contribution in [3.8, 4) is 17.2 Å². The molecule has 0 aromatic heterocycles. The van der Waals surface area contributed by atoms with Crippen LogP contribution < -0.4 is 24.8 Å². The zero-order chi connectivity index (χ0) is 20.7. The van der Waals surface area contributed by atoms with Crippen LogP contribution in [0.3, 0.4) is 0 Å². The maximum atomic E-state index is 12.8. The van der Waals surface area contributed by atoms with E-state index in [1.54, 1.807) is 19.2 Å². The third-order valence-corrected chi connectivity index (χ3v) is 4.55. The molecule has 0 heterocycles. The van der Waals surface area contributed by atoms with E-state index in [2.05, 4.69) is 43.5 Å². The minimum Gasteiger partial charge on any atom is -0.493 e. The average Bonchev–Trinajstić information content (AvgIpc) is 2.71. The molecule has 2 aromatic rings. The lowest BCUT2D eigenvalue weighted by molar-refractivity contribution is 0.0937. The maximum Gasteiger partial charge on any atom is 0.255 e. The van der Waals surface area contributed by atoms with Gasteiger partial charge >= 0.3 is 0 Å². The van der Waals surface area contributed by atoms with Crippen LogP contribution in [0.1, 0.15) is 42.7 Å². The molecule has 0 spiro atoms. The van der Waals surface area contributed by atoms with E-state index < -0.39 is 0 Å². The summed E-state index contributed by atoms with van der Waals surface area (Å²) in [6, 6.07) is 13.7. The summed E-state index contributed by atoms with van der Waals surface area (Å²) in [5.41, 5.74) is 1.28. The summed E-state index contributed by atoms with van der Waals surface area (Å²) in [5, 5.41) is 6.54. The van der Waals surface area contributed by atoms with Gasteiger partial charge in [0.2, 0.25) is 5.75 Å². The smallest absolute Gasteiger partial charge is 0.255 e. The number of benzene rings is 2. The first kappa shape index (κ1) is 21.6. The SMILES string of the molecule is COc1ccc(C(=O)NCC(C)(C)NC(C)c2ccccc2)c(OC)c1OC. The van der Waals surface area contributed by atoms with Gasteiger partial charge in [-0.15, -0.1) is 0 Å². The number of hydrogen-bond donors (Lipinski definition) is 2. The molecule has 28 heavy (non-hydrogen) atoms. The highest BCUT2D eigenvalue weighted by Crippen LogP contribution is 2.39. The van der Waals surface area contributed by atoms with Crippen molar-refractivity contribution < 1.29 is 19.0 Å². The van der Waals surface area contributed by atoms with E-state index >= 15 is 0 Å². The quantitative estimate of drug-likeness (QED) is 0.690. The van der Waals surface area contributed by atoms with Gasteiger partial charge in [-0.1, -0.05) is 30.3 Å². The van der Waals surface area contributed by atoms with E-state index in [1.807, 2.05) is 18.2 Å². The van der Waals surface area contributed by atoms with Crippen molar-refractivity contribution in [2.24, 2.45) is 0 Å². The molecule has 0 aliphatic carbocycles. The second-order valence-corrected chi connectivity index (χ2v) is 7.23. The van der Waals surface area contributed by atoms with Gasteiger partial charge in [0.25, 0.3) is 5.91 Å². The van der Waals surface area contributed by atoms with Crippen LogP contribution in [0.5, 0.6) is 17.2 Å². The van der Waals surface area contributed by atoms with Crippen molar-refractivity contribution in [2.75, 3.05) is 27.9 Å². The van der Waals surface area contributed by atoms with Crippen LogP contribution in [-0.4, -0.2) is 39.3 Å². The van der Waals surface area contributed by atoms with Crippen LogP contribution in [0.25, 0.3) is 0 Å². The monoisotopic (exact) mass is 386 g/mol. The second kappa shape index (κ2) is 9.46. The summed E-state index contributed by atoms with van der Waals surface area (Å²) in [6.45, 7) is 6.66. The Balaban J connectivity index is 2.08. The van der Waals surface area contributed by atoms with Gasteiger partial charge < -0.3 is 24.8 Å². The summed E-state index contributed by atoms with van der Waals surface area (Å²) in [5.74, 6) is 1.02. The molecule has 0 fully saturated rings. The Hall–Kier alpha value is -2.73. The second-order valence-electron chi connectivity index (χ2n) is 7.23. The van der Waals surface area contributed by atoms with E-state index in [4.69, 9.17) is 14.2 Å². The van der Waals surface area contributed by atoms with Gasteiger partial charge in [-0.3, -0.25) is 4.79 Å². The predicted molar refractivity (Wildman–Crippen MR) is 111 cm³/mol. The van der Waals surface area contributed by atoms with E-state index in [1.165, 1.54) is 19.8 Å². The molecular formula is C22H30N2O4. The summed E-state index contributed by atoms with van der Waals surface area (Å²) in [4.78, 5) is 12.8. The lowest BCUT2D eigenvalue weighted by atomic mass is 10.0. The molecule has 0 bridgehead atoms. The van der Waals surface area contributed by atoms with Gasteiger partial charge in [-0.25, -0.2) is 0 Å². The van der Waals surface area contributed by atoms with Crippen LogP contribution in [0, 0.1) is 0 Å². The van der Waals surface area contributed by atoms with Crippen LogP contribution in [-0.2, 0) is 0 Å². The molecule has 2 aromatic carbocycles. The fourth-order valence-corrected chi connectivity index (χ4v) is 3.14. The van der Waals surface area contributed by atoms with Crippen LogP contribution in [0.2, 0.25) is 0 Å². The van der Waals surface area contributed by atoms with Gasteiger partial charge in [0, 0.05) is 18.1 Å². The Kier molecular flexibility index (Phi) is 7.29. The fraction of sp³-hybridized carbons (Fsp3) is 0.409. The molecule has 6 nitrogen and oxygen atoms in total. The maximum absolute atomic E-state index is 12.8. The van der Waals surface area contributed by atoms with E-state index in [0.717, 1.165) is 0 Å². The summed E-state index contributed by atoms with van der Waals surface area (Å²) in [6.07, 6.45) is 0. The van der Waals surface area contributed by atoms with Crippen molar-refractivity contribution in [2.45, 2.75) is 32.4 Å². The topological polar surface area (TPSA) is 68.8 Å². The Bertz CT molecular complexity index is 791. The van der Waals surface area contributed by atoms with E-state index in [0.29, 0.717) is 29.4 Å². The normalized spacial score (nSPS) is 12.2. The Morgan fingerprint density at radius 1 is 0.964 bits per heavy atom. The minimum absolute atomic E-state index is 0.156. The lowest BCUT2D eigenvalue weighted by Gasteiger charge is -2.31. The Morgan fingerprint density at radius 3 is 2.18 bits per heavy atom. The third-order valence-electron chi connectivity index (χ3n) is 4.55. The largest absolute Gasteiger partial charge is 0.493 e. The number of nitrogens with one attached hydrogen (secondary N) is 2. The van der Waals surface area contributed by atoms with Crippen LogP contribution in [0.15, 0.2) is 42.5 Å². The number of ether oxygens (including phenoxy) is 3. The summed E-state index contributed by atoms with van der Waals surface area (Å²) in [7, 11) is 4.56. The van der Waals surface area contributed by atoms with Crippen molar-refractivity contribution in [1.29, 1.82) is 0 Å². The molecule has 0 radical (unpaired) electrons. The molecule has 0 saturated carbocycles. The summed E-state index contributed by atoms with van der Waals surface area (Å²) < 4.78 is 16.0. The van der Waals surface area contributed by atoms with Crippen molar-refractivity contribution >= 4 is 5.91 Å². The number of amides is 1. The minimum atomic E-state index is -0.311. The molecule has 6 heteroatoms. The standard InChI is InChI=1S/C22H30N2O4/c1-15(16-10-8-7-9-11-16)24-22(2,3)14-23-21(25)17-12-13-18(26-4)20(28-6)19(17)27-5/h7-13,15,24H,14H2,1-6H3,(H,23,25). The first-order chi connectivity index (χ1) is 13.3. The Labute approximate surface area is 167 Å². The molecule has 1 amide bonds. The molecule has 0 aliphatic heterocycles. The van der Waals surface area contributed by atoms with Crippen molar-refractivity contribution in [1.82, 2.24) is 10.6 Å². The van der Waals surface area contributed by atoms with E-state index in [-0.39, 0.29) is 17.5 Å². The zero-order valence-corrected chi connectivity index (χ0v) is 17.5. The van der Waals surface area contributed by atoms with Gasteiger partial charge in [-0.05, 0) is 38.5 Å². The predicted octanol–water partition coefficient (Wildman–Crippen LogP) is 3.57. The lowest BCUT2D eigenvalue weighted by Crippen LogP contribution is -2.49. The first-order valence-corrected chi connectivity index (χ1v) is 9.22. The fourth-order valence-electron chi connectivity index (χ4n) is 3.14. The molecule has 0 saturated heterocycles. The Morgan fingerprint density at radius 2 is 1.61 bits per heavy atom. The number of carbonyl (C=O) groups is 1. The molecule has 152 valence electrons. The van der Waals surface area contributed by atoms with Crippen molar-refractivity contribution in [3.05, 3.63) is 53.6 Å². The number of rotatable bonds is 9. The van der Waals surface area contributed by atoms with E-state index in [9.17, 15) is 4.79 Å². The first-order valence-electron chi connectivity index (χ1n) is 9.22. The highest BCUT2D eigenvalue weighted by molar-refractivity contribution is 5.98. The molecule has 2 rings (SSSR count). The molecule has 1 atom stereocenters. The molecule has 0 aliphatic rings. The number of methoxy groups -OCH3 is 3. The van der Waals surface area contributed by atoms with Gasteiger partial charge in [0.1, 0.15) is 0 Å². The van der Waals surface area contributed by atoms with Gasteiger partial charge in [0.15, 0.2) is 11.5 Å². The van der Waals surface area contributed by atoms with Gasteiger partial charge in [-0.2, -0.15) is 0 Å². The highest BCUT2D eigenvalue weighted by Gasteiger charge is 2.24. The number of hydrogen-bond acceptors (Lipinski definition) is 5. The van der Waals surface area contributed by atoms with Crippen LogP contribution in [0.4, 0.5) is 0 Å². The van der Waals surface area contributed by atoms with Crippen molar-refractivity contribution in [3.63, 3.8) is 0 Å². The molecular weight excluding hydrogens is 356 g/mol. The van der Waals surface area contributed by atoms with Crippen LogP contribution >= 0.6 is 0 Å². The average molecular weight is 386 g/mol. The zero-order valence-electron chi connectivity index (χ0n) is 17.5. The molecule has 1 unspecified atom stereocenters. The number of carbonyl (C=O) groups excluding carboxylic acids is 1.